The van der Waals surface area contributed by atoms with Gasteiger partial charge >= 0.3 is 0 Å². The minimum absolute atomic E-state index is 0.0105. The molecular weight excluding hydrogens is 404 g/mol. The Morgan fingerprint density at radius 2 is 1.06 bits per heavy atom. The second-order valence-electron chi connectivity index (χ2n) is 8.42. The van der Waals surface area contributed by atoms with Gasteiger partial charge < -0.3 is 11.5 Å². The van der Waals surface area contributed by atoms with Gasteiger partial charge in [-0.2, -0.15) is 0 Å². The Labute approximate surface area is 186 Å². The number of nitrogens with zero attached hydrogens (tertiary/aromatic N) is 4. The Kier molecular flexibility index (Phi) is 6.92. The molecule has 3 aromatic rings. The van der Waals surface area contributed by atoms with Crippen molar-refractivity contribution in [1.82, 2.24) is 9.97 Å². The molecule has 0 saturated carbocycles. The molecule has 1 aromatic carbocycles. The first-order chi connectivity index (χ1) is 15.2. The molecule has 2 heterocycles. The quantitative estimate of drug-likeness (QED) is 0.417. The summed E-state index contributed by atoms with van der Waals surface area (Å²) in [7, 11) is 0. The van der Waals surface area contributed by atoms with Crippen LogP contribution in [0.4, 0.5) is 0 Å². The van der Waals surface area contributed by atoms with Crippen LogP contribution in [0, 0.1) is 11.8 Å². The molecule has 8 heteroatoms. The van der Waals surface area contributed by atoms with E-state index in [1.165, 1.54) is 0 Å². The van der Waals surface area contributed by atoms with E-state index >= 15 is 0 Å². The van der Waals surface area contributed by atoms with Gasteiger partial charge in [0.1, 0.15) is 12.1 Å². The molecule has 4 N–H and O–H groups in total. The van der Waals surface area contributed by atoms with E-state index in [0.717, 1.165) is 10.8 Å². The zero-order valence-corrected chi connectivity index (χ0v) is 18.7. The largest absolute Gasteiger partial charge is 0.368 e. The van der Waals surface area contributed by atoms with E-state index in [-0.39, 0.29) is 11.8 Å². The second-order valence-corrected chi connectivity index (χ2v) is 8.42. The van der Waals surface area contributed by atoms with Gasteiger partial charge in [0.15, 0.2) is 0 Å². The molecular formula is C24H28N6O2. The lowest BCUT2D eigenvalue weighted by atomic mass is 10.0. The molecule has 166 valence electrons. The number of benzene rings is 1. The number of hydrogen-bond acceptors (Lipinski definition) is 6. The van der Waals surface area contributed by atoms with Gasteiger partial charge in [-0.3, -0.25) is 19.6 Å². The van der Waals surface area contributed by atoms with Crippen molar-refractivity contribution in [2.45, 2.75) is 39.8 Å². The maximum Gasteiger partial charge on any atom is 0.242 e. The summed E-state index contributed by atoms with van der Waals surface area (Å²) < 4.78 is 0. The number of amides is 2. The van der Waals surface area contributed by atoms with Crippen LogP contribution in [0.25, 0.3) is 21.8 Å². The maximum absolute atomic E-state index is 11.6. The maximum atomic E-state index is 11.6. The van der Waals surface area contributed by atoms with E-state index in [2.05, 4.69) is 9.98 Å². The molecule has 0 aliphatic rings. The van der Waals surface area contributed by atoms with Crippen molar-refractivity contribution < 1.29 is 9.59 Å². The Morgan fingerprint density at radius 1 is 0.719 bits per heavy atom. The summed E-state index contributed by atoms with van der Waals surface area (Å²) in [4.78, 5) is 41.3. The van der Waals surface area contributed by atoms with Crippen LogP contribution >= 0.6 is 0 Å². The Bertz CT molecular complexity index is 1120. The number of carbonyl (C=O) groups excluding carboxylic acids is 2. The van der Waals surface area contributed by atoms with Crippen LogP contribution in [0.1, 0.15) is 39.1 Å². The van der Waals surface area contributed by atoms with Gasteiger partial charge in [-0.05, 0) is 24.0 Å². The first kappa shape index (κ1) is 23.0. The van der Waals surface area contributed by atoms with Gasteiger partial charge in [-0.15, -0.1) is 0 Å². The number of rotatable bonds is 8. The molecule has 2 atom stereocenters. The summed E-state index contributed by atoms with van der Waals surface area (Å²) in [5.41, 5.74) is 13.5. The molecule has 2 amide bonds. The van der Waals surface area contributed by atoms with Crippen LogP contribution in [-0.2, 0) is 9.59 Å². The van der Waals surface area contributed by atoms with Crippen LogP contribution in [0.2, 0.25) is 0 Å². The summed E-state index contributed by atoms with van der Waals surface area (Å²) in [6, 6.07) is 10.3. The third-order valence-electron chi connectivity index (χ3n) is 5.14. The molecule has 8 nitrogen and oxygen atoms in total. The van der Waals surface area contributed by atoms with Crippen molar-refractivity contribution in [3.8, 4) is 0 Å². The summed E-state index contributed by atoms with van der Waals surface area (Å²) in [6.45, 7) is 7.57. The van der Waals surface area contributed by atoms with Crippen LogP contribution < -0.4 is 11.5 Å². The van der Waals surface area contributed by atoms with Gasteiger partial charge in [0, 0.05) is 23.2 Å². The first-order valence-corrected chi connectivity index (χ1v) is 10.5. The van der Waals surface area contributed by atoms with Crippen molar-refractivity contribution in [2.75, 3.05) is 0 Å². The third-order valence-corrected chi connectivity index (χ3v) is 5.14. The van der Waals surface area contributed by atoms with Crippen LogP contribution in [0.5, 0.6) is 0 Å². The SMILES string of the molecule is CC(C)[C@H](N=Cc1ccc2ccc3ccc(C=N[C@@H](C(N)=O)C(C)C)nc3c2n1)C(N)=O. The van der Waals surface area contributed by atoms with Crippen molar-refractivity contribution in [3.63, 3.8) is 0 Å². The standard InChI is InChI=1S/C24H28N6O2/c1-13(2)19(23(25)31)27-11-17-9-7-15-5-6-16-8-10-18(30-22(16)21(15)29-17)12-28-20(14(3)4)24(26)32/h5-14,19-20H,1-4H3,(H2,25,31)(H2,26,32)/t19-,20+. The van der Waals surface area contributed by atoms with E-state index in [0.29, 0.717) is 22.4 Å². The highest BCUT2D eigenvalue weighted by Crippen LogP contribution is 2.23. The Balaban J connectivity index is 2.03. The minimum atomic E-state index is -0.611. The highest BCUT2D eigenvalue weighted by molar-refractivity contribution is 6.04. The lowest BCUT2D eigenvalue weighted by Gasteiger charge is -2.12. The lowest BCUT2D eigenvalue weighted by Crippen LogP contribution is -2.31. The van der Waals surface area contributed by atoms with E-state index in [1.807, 2.05) is 64.1 Å². The van der Waals surface area contributed by atoms with Crippen LogP contribution in [0.15, 0.2) is 46.4 Å². The molecule has 32 heavy (non-hydrogen) atoms. The van der Waals surface area contributed by atoms with Gasteiger partial charge in [-0.1, -0.05) is 52.0 Å². The summed E-state index contributed by atoms with van der Waals surface area (Å²) >= 11 is 0. The van der Waals surface area contributed by atoms with Gasteiger partial charge in [-0.25, -0.2) is 9.97 Å². The summed E-state index contributed by atoms with van der Waals surface area (Å²) in [5, 5.41) is 1.84. The molecule has 0 bridgehead atoms. The van der Waals surface area contributed by atoms with Crippen LogP contribution in [0.3, 0.4) is 0 Å². The van der Waals surface area contributed by atoms with Gasteiger partial charge in [0.05, 0.1) is 22.4 Å². The van der Waals surface area contributed by atoms with Gasteiger partial charge in [0.25, 0.3) is 0 Å². The number of pyridine rings is 2. The fourth-order valence-electron chi connectivity index (χ4n) is 3.40. The zero-order chi connectivity index (χ0) is 23.4. The van der Waals surface area contributed by atoms with Crippen LogP contribution in [-0.4, -0.2) is 46.3 Å². The Hall–Kier alpha value is -3.68. The van der Waals surface area contributed by atoms with E-state index in [9.17, 15) is 9.59 Å². The fraction of sp³-hybridized carbons (Fsp3) is 0.333. The van der Waals surface area contributed by atoms with E-state index < -0.39 is 23.9 Å². The molecule has 0 spiro atoms. The minimum Gasteiger partial charge on any atom is -0.368 e. The topological polar surface area (TPSA) is 137 Å². The smallest absolute Gasteiger partial charge is 0.242 e. The average molecular weight is 433 g/mol. The number of hydrogen-bond donors (Lipinski definition) is 2. The normalized spacial score (nSPS) is 14.2. The number of nitrogens with two attached hydrogens (primary N) is 2. The highest BCUT2D eigenvalue weighted by atomic mass is 16.1. The Morgan fingerprint density at radius 3 is 1.38 bits per heavy atom. The predicted octanol–water partition coefficient (Wildman–Crippen LogP) is 2.64. The molecule has 0 saturated heterocycles. The van der Waals surface area contributed by atoms with E-state index in [1.54, 1.807) is 12.4 Å². The molecule has 3 rings (SSSR count). The zero-order valence-electron chi connectivity index (χ0n) is 18.7. The monoisotopic (exact) mass is 432 g/mol. The molecule has 0 radical (unpaired) electrons. The first-order valence-electron chi connectivity index (χ1n) is 10.5. The number of aliphatic imine (C=N–C) groups is 2. The van der Waals surface area contributed by atoms with Crippen molar-refractivity contribution in [2.24, 2.45) is 33.3 Å². The molecule has 2 aromatic heterocycles. The summed E-state index contributed by atoms with van der Waals surface area (Å²) in [5.74, 6) is -0.959. The van der Waals surface area contributed by atoms with E-state index in [4.69, 9.17) is 21.4 Å². The number of aromatic nitrogens is 2. The van der Waals surface area contributed by atoms with Crippen molar-refractivity contribution >= 4 is 46.0 Å². The number of carbonyl (C=O) groups is 2. The van der Waals surface area contributed by atoms with Gasteiger partial charge in [0.2, 0.25) is 11.8 Å². The highest BCUT2D eigenvalue weighted by Gasteiger charge is 2.18. The second kappa shape index (κ2) is 9.64. The number of fused-ring (bicyclic) bond motifs is 3. The number of primary amides is 2. The fourth-order valence-corrected chi connectivity index (χ4v) is 3.40. The van der Waals surface area contributed by atoms with Crippen molar-refractivity contribution in [3.05, 3.63) is 47.8 Å². The summed E-state index contributed by atoms with van der Waals surface area (Å²) in [6.07, 6.45) is 3.14. The molecule has 0 aliphatic heterocycles. The molecule has 0 aliphatic carbocycles. The van der Waals surface area contributed by atoms with Crippen molar-refractivity contribution in [1.29, 1.82) is 0 Å². The average Bonchev–Trinajstić information content (AvgIpc) is 2.72. The lowest BCUT2D eigenvalue weighted by molar-refractivity contribution is -0.120. The molecule has 0 fully saturated rings. The molecule has 0 unspecified atom stereocenters. The predicted molar refractivity (Wildman–Crippen MR) is 128 cm³/mol. The third kappa shape index (κ3) is 5.14.